The Labute approximate surface area is 179 Å². The lowest BCUT2D eigenvalue weighted by atomic mass is 10.0. The fourth-order valence-electron chi connectivity index (χ4n) is 3.09. The monoisotopic (exact) mass is 434 g/mol. The molecule has 2 aromatic carbocycles. The number of hydrogen-bond donors (Lipinski definition) is 1. The molecule has 0 saturated heterocycles. The van der Waals surface area contributed by atoms with Gasteiger partial charge in [0.05, 0.1) is 25.2 Å². The van der Waals surface area contributed by atoms with Crippen molar-refractivity contribution in [2.75, 3.05) is 28.3 Å². The number of carbonyl (C=O) groups excluding carboxylic acids is 1. The molecule has 1 amide bonds. The summed E-state index contributed by atoms with van der Waals surface area (Å²) in [4.78, 5) is 12.7. The van der Waals surface area contributed by atoms with Gasteiger partial charge in [0, 0.05) is 20.5 Å². The van der Waals surface area contributed by atoms with Crippen LogP contribution in [0.2, 0.25) is 0 Å². The summed E-state index contributed by atoms with van der Waals surface area (Å²) in [5.74, 6) is 1.21. The number of amides is 1. The van der Waals surface area contributed by atoms with E-state index in [9.17, 15) is 13.2 Å². The van der Waals surface area contributed by atoms with Crippen LogP contribution in [0.3, 0.4) is 0 Å². The number of methoxy groups -OCH3 is 2. The maximum Gasteiger partial charge on any atom is 0.242 e. The number of ether oxygens (including phenoxy) is 2. The Morgan fingerprint density at radius 2 is 1.73 bits per heavy atom. The van der Waals surface area contributed by atoms with Gasteiger partial charge < -0.3 is 14.8 Å². The molecule has 0 spiro atoms. The zero-order chi connectivity index (χ0) is 22.3. The summed E-state index contributed by atoms with van der Waals surface area (Å²) in [6.45, 7) is 2.01. The summed E-state index contributed by atoms with van der Waals surface area (Å²) >= 11 is 0. The molecular weight excluding hydrogens is 404 g/mol. The Morgan fingerprint density at radius 1 is 1.07 bits per heavy atom. The van der Waals surface area contributed by atoms with Crippen LogP contribution in [-0.2, 0) is 21.2 Å². The Balaban J connectivity index is 2.10. The molecule has 164 valence electrons. The fourth-order valence-corrected chi connectivity index (χ4v) is 4.05. The number of rotatable bonds is 10. The second kappa shape index (κ2) is 10.4. The largest absolute Gasteiger partial charge is 0.497 e. The average Bonchev–Trinajstić information content (AvgIpc) is 2.75. The van der Waals surface area contributed by atoms with Crippen LogP contribution in [0.15, 0.2) is 47.4 Å². The number of hydrogen-bond acceptors (Lipinski definition) is 5. The molecule has 0 aliphatic heterocycles. The van der Waals surface area contributed by atoms with E-state index in [0.29, 0.717) is 17.7 Å². The van der Waals surface area contributed by atoms with Crippen LogP contribution in [0.5, 0.6) is 11.5 Å². The van der Waals surface area contributed by atoms with Crippen molar-refractivity contribution in [1.82, 2.24) is 9.62 Å². The standard InChI is InChI=1S/C22H30N2O5S/c1-6-20(16-7-10-18(28-4)11-8-16)23-22(25)14-9-17-15-19(12-13-21(17)29-5)30(26,27)24(2)3/h7-8,10-13,15,20H,6,9,14H2,1-5H3,(H,23,25)/t20-/m0/s1. The Morgan fingerprint density at radius 3 is 2.27 bits per heavy atom. The van der Waals surface area contributed by atoms with E-state index in [1.54, 1.807) is 19.2 Å². The van der Waals surface area contributed by atoms with Crippen LogP contribution in [0.25, 0.3) is 0 Å². The van der Waals surface area contributed by atoms with E-state index in [0.717, 1.165) is 22.0 Å². The number of benzene rings is 2. The number of nitrogens with zero attached hydrogens (tertiary/aromatic N) is 1. The molecule has 0 bridgehead atoms. The Kier molecular flexibility index (Phi) is 8.25. The van der Waals surface area contributed by atoms with Gasteiger partial charge in [0.2, 0.25) is 15.9 Å². The van der Waals surface area contributed by atoms with Crippen molar-refractivity contribution in [3.8, 4) is 11.5 Å². The molecule has 7 nitrogen and oxygen atoms in total. The van der Waals surface area contributed by atoms with Crippen LogP contribution in [0, 0.1) is 0 Å². The lowest BCUT2D eigenvalue weighted by molar-refractivity contribution is -0.121. The number of sulfonamides is 1. The summed E-state index contributed by atoms with van der Waals surface area (Å²) in [6, 6.07) is 12.2. The number of carbonyl (C=O) groups is 1. The average molecular weight is 435 g/mol. The van der Waals surface area contributed by atoms with Crippen molar-refractivity contribution in [3.63, 3.8) is 0 Å². The van der Waals surface area contributed by atoms with E-state index in [1.165, 1.54) is 27.3 Å². The maximum absolute atomic E-state index is 12.6. The van der Waals surface area contributed by atoms with E-state index >= 15 is 0 Å². The first-order chi connectivity index (χ1) is 14.2. The third kappa shape index (κ3) is 5.73. The smallest absolute Gasteiger partial charge is 0.242 e. The molecule has 0 unspecified atom stereocenters. The molecule has 0 aromatic heterocycles. The Hall–Kier alpha value is -2.58. The quantitative estimate of drug-likeness (QED) is 0.621. The molecule has 8 heteroatoms. The first kappa shape index (κ1) is 23.7. The van der Waals surface area contributed by atoms with Gasteiger partial charge in [0.1, 0.15) is 11.5 Å². The van der Waals surface area contributed by atoms with Crippen molar-refractivity contribution >= 4 is 15.9 Å². The van der Waals surface area contributed by atoms with Crippen LogP contribution >= 0.6 is 0 Å². The summed E-state index contributed by atoms with van der Waals surface area (Å²) in [6.07, 6.45) is 1.33. The second-order valence-corrected chi connectivity index (χ2v) is 9.21. The minimum Gasteiger partial charge on any atom is -0.497 e. The highest BCUT2D eigenvalue weighted by Crippen LogP contribution is 2.25. The lowest BCUT2D eigenvalue weighted by Gasteiger charge is -2.18. The van der Waals surface area contributed by atoms with Gasteiger partial charge in [0.15, 0.2) is 0 Å². The first-order valence-electron chi connectivity index (χ1n) is 9.75. The van der Waals surface area contributed by atoms with Gasteiger partial charge in [-0.1, -0.05) is 19.1 Å². The molecule has 0 saturated carbocycles. The molecule has 2 aromatic rings. The van der Waals surface area contributed by atoms with Crippen molar-refractivity contribution in [2.24, 2.45) is 0 Å². The molecular formula is C22H30N2O5S. The van der Waals surface area contributed by atoms with E-state index < -0.39 is 10.0 Å². The van der Waals surface area contributed by atoms with E-state index in [2.05, 4.69) is 5.32 Å². The van der Waals surface area contributed by atoms with Crippen molar-refractivity contribution < 1.29 is 22.7 Å². The van der Waals surface area contributed by atoms with Gasteiger partial charge in [-0.25, -0.2) is 12.7 Å². The van der Waals surface area contributed by atoms with E-state index in [-0.39, 0.29) is 23.3 Å². The van der Waals surface area contributed by atoms with Crippen LogP contribution < -0.4 is 14.8 Å². The highest BCUT2D eigenvalue weighted by Gasteiger charge is 2.20. The van der Waals surface area contributed by atoms with Gasteiger partial charge >= 0.3 is 0 Å². The Bertz CT molecular complexity index is 956. The van der Waals surface area contributed by atoms with Crippen molar-refractivity contribution in [1.29, 1.82) is 0 Å². The molecule has 0 aliphatic rings. The van der Waals surface area contributed by atoms with Gasteiger partial charge in [0.25, 0.3) is 0 Å². The highest BCUT2D eigenvalue weighted by molar-refractivity contribution is 7.89. The minimum atomic E-state index is -3.56. The molecule has 1 N–H and O–H groups in total. The van der Waals surface area contributed by atoms with Crippen LogP contribution in [0.1, 0.15) is 36.9 Å². The molecule has 0 fully saturated rings. The predicted octanol–water partition coefficient (Wildman–Crippen LogP) is 3.15. The molecule has 2 rings (SSSR count). The number of aryl methyl sites for hydroxylation is 1. The summed E-state index contributed by atoms with van der Waals surface area (Å²) < 4.78 is 36.5. The van der Waals surface area contributed by atoms with Gasteiger partial charge in [-0.2, -0.15) is 0 Å². The zero-order valence-corrected chi connectivity index (χ0v) is 19.0. The van der Waals surface area contributed by atoms with Gasteiger partial charge in [-0.05, 0) is 54.3 Å². The summed E-state index contributed by atoms with van der Waals surface area (Å²) in [5.41, 5.74) is 1.68. The third-order valence-corrected chi connectivity index (χ3v) is 6.72. The molecule has 0 aliphatic carbocycles. The SMILES string of the molecule is CC[C@H](NC(=O)CCc1cc(S(=O)(=O)N(C)C)ccc1OC)c1ccc(OC)cc1. The maximum atomic E-state index is 12.6. The fraction of sp³-hybridized carbons (Fsp3) is 0.409. The lowest BCUT2D eigenvalue weighted by Crippen LogP contribution is -2.28. The number of nitrogens with one attached hydrogen (secondary N) is 1. The molecule has 0 heterocycles. The highest BCUT2D eigenvalue weighted by atomic mass is 32.2. The molecule has 30 heavy (non-hydrogen) atoms. The summed E-state index contributed by atoms with van der Waals surface area (Å²) in [7, 11) is 2.54. The molecule has 1 atom stereocenters. The van der Waals surface area contributed by atoms with E-state index in [1.807, 2.05) is 31.2 Å². The van der Waals surface area contributed by atoms with Gasteiger partial charge in [-0.3, -0.25) is 4.79 Å². The minimum absolute atomic E-state index is 0.106. The zero-order valence-electron chi connectivity index (χ0n) is 18.1. The predicted molar refractivity (Wildman–Crippen MR) is 116 cm³/mol. The van der Waals surface area contributed by atoms with E-state index in [4.69, 9.17) is 9.47 Å². The van der Waals surface area contributed by atoms with Crippen LogP contribution in [0.4, 0.5) is 0 Å². The normalized spacial score (nSPS) is 12.5. The van der Waals surface area contributed by atoms with Crippen LogP contribution in [-0.4, -0.2) is 46.9 Å². The summed E-state index contributed by atoms with van der Waals surface area (Å²) in [5, 5.41) is 3.04. The third-order valence-electron chi connectivity index (χ3n) is 4.91. The molecule has 0 radical (unpaired) electrons. The topological polar surface area (TPSA) is 84.9 Å². The van der Waals surface area contributed by atoms with Crippen molar-refractivity contribution in [2.45, 2.75) is 37.1 Å². The first-order valence-corrected chi connectivity index (χ1v) is 11.2. The van der Waals surface area contributed by atoms with Gasteiger partial charge in [-0.15, -0.1) is 0 Å². The second-order valence-electron chi connectivity index (χ2n) is 7.06. The van der Waals surface area contributed by atoms with Crippen molar-refractivity contribution in [3.05, 3.63) is 53.6 Å².